The lowest BCUT2D eigenvalue weighted by Crippen LogP contribution is -2.35. The molecule has 0 fully saturated rings. The first-order valence-electron chi connectivity index (χ1n) is 6.68. The molecule has 0 aliphatic rings. The summed E-state index contributed by atoms with van der Waals surface area (Å²) in [6, 6.07) is 15.1. The van der Waals surface area contributed by atoms with Gasteiger partial charge in [0.25, 0.3) is 0 Å². The maximum atomic E-state index is 12.3. The van der Waals surface area contributed by atoms with E-state index in [2.05, 4.69) is 10.3 Å². The molecule has 20 heavy (non-hydrogen) atoms. The molecule has 3 N–H and O–H groups in total. The third-order valence-electron chi connectivity index (χ3n) is 3.24. The molecular formula is C16H19N3O. The first-order valence-corrected chi connectivity index (χ1v) is 6.68. The zero-order valence-corrected chi connectivity index (χ0v) is 11.5. The lowest BCUT2D eigenvalue weighted by molar-refractivity contribution is -0.123. The van der Waals surface area contributed by atoms with Crippen LogP contribution in [-0.2, 0) is 4.79 Å². The van der Waals surface area contributed by atoms with Crippen molar-refractivity contribution in [3.8, 4) is 0 Å². The summed E-state index contributed by atoms with van der Waals surface area (Å²) in [6.45, 7) is 2.20. The summed E-state index contributed by atoms with van der Waals surface area (Å²) in [7, 11) is 0. The molecular weight excluding hydrogens is 250 g/mol. The number of hydrogen-bond donors (Lipinski definition) is 2. The Morgan fingerprint density at radius 1 is 1.20 bits per heavy atom. The highest BCUT2D eigenvalue weighted by Crippen LogP contribution is 2.16. The minimum atomic E-state index is -0.331. The van der Waals surface area contributed by atoms with Gasteiger partial charge in [0.1, 0.15) is 0 Å². The second-order valence-electron chi connectivity index (χ2n) is 4.68. The van der Waals surface area contributed by atoms with Crippen LogP contribution in [-0.4, -0.2) is 17.4 Å². The molecule has 0 aliphatic heterocycles. The number of aromatic nitrogens is 1. The van der Waals surface area contributed by atoms with Gasteiger partial charge in [0, 0.05) is 12.7 Å². The van der Waals surface area contributed by atoms with Gasteiger partial charge < -0.3 is 11.1 Å². The number of hydrogen-bond acceptors (Lipinski definition) is 3. The van der Waals surface area contributed by atoms with Crippen LogP contribution in [0.4, 0.5) is 0 Å². The molecule has 0 saturated carbocycles. The highest BCUT2D eigenvalue weighted by molar-refractivity contribution is 5.84. The topological polar surface area (TPSA) is 68.0 Å². The summed E-state index contributed by atoms with van der Waals surface area (Å²) < 4.78 is 0. The number of nitrogens with zero attached hydrogens (tertiary/aromatic N) is 1. The van der Waals surface area contributed by atoms with Gasteiger partial charge in [-0.05, 0) is 24.6 Å². The van der Waals surface area contributed by atoms with E-state index >= 15 is 0 Å². The van der Waals surface area contributed by atoms with Gasteiger partial charge in [0.15, 0.2) is 0 Å². The van der Waals surface area contributed by atoms with Crippen LogP contribution in [0.1, 0.15) is 30.1 Å². The summed E-state index contributed by atoms with van der Waals surface area (Å²) in [5, 5.41) is 2.96. The van der Waals surface area contributed by atoms with E-state index in [9.17, 15) is 4.79 Å². The van der Waals surface area contributed by atoms with Gasteiger partial charge in [-0.2, -0.15) is 0 Å². The number of nitrogens with two attached hydrogens (primary N) is 1. The van der Waals surface area contributed by atoms with E-state index in [1.807, 2.05) is 55.5 Å². The van der Waals surface area contributed by atoms with Crippen LogP contribution in [0, 0.1) is 0 Å². The van der Waals surface area contributed by atoms with E-state index in [1.165, 1.54) is 0 Å². The highest BCUT2D eigenvalue weighted by Gasteiger charge is 2.21. The van der Waals surface area contributed by atoms with Crippen LogP contribution in [0.25, 0.3) is 0 Å². The molecule has 2 rings (SSSR count). The predicted molar refractivity (Wildman–Crippen MR) is 79.0 cm³/mol. The SMILES string of the molecule is C[C@H](NC(=O)C(CN)c1ccccc1)c1ccccn1. The van der Waals surface area contributed by atoms with Crippen molar-refractivity contribution in [2.24, 2.45) is 5.73 Å². The molecule has 1 heterocycles. The molecule has 1 amide bonds. The Hall–Kier alpha value is -2.20. The molecule has 1 aromatic carbocycles. The van der Waals surface area contributed by atoms with Crippen molar-refractivity contribution in [2.75, 3.05) is 6.54 Å². The van der Waals surface area contributed by atoms with E-state index < -0.39 is 0 Å². The molecule has 104 valence electrons. The van der Waals surface area contributed by atoms with Crippen molar-refractivity contribution < 1.29 is 4.79 Å². The fourth-order valence-corrected chi connectivity index (χ4v) is 2.10. The minimum Gasteiger partial charge on any atom is -0.347 e. The van der Waals surface area contributed by atoms with E-state index in [0.717, 1.165) is 11.3 Å². The zero-order chi connectivity index (χ0) is 14.4. The summed E-state index contributed by atoms with van der Waals surface area (Å²) >= 11 is 0. The largest absolute Gasteiger partial charge is 0.347 e. The number of carbonyl (C=O) groups is 1. The maximum absolute atomic E-state index is 12.3. The van der Waals surface area contributed by atoms with Crippen molar-refractivity contribution in [1.82, 2.24) is 10.3 Å². The molecule has 4 heteroatoms. The number of rotatable bonds is 5. The number of amides is 1. The fraction of sp³-hybridized carbons (Fsp3) is 0.250. The summed E-state index contributed by atoms with van der Waals surface area (Å²) in [4.78, 5) is 16.6. The molecule has 0 aliphatic carbocycles. The monoisotopic (exact) mass is 269 g/mol. The van der Waals surface area contributed by atoms with Gasteiger partial charge in [-0.3, -0.25) is 9.78 Å². The number of nitrogens with one attached hydrogen (secondary N) is 1. The number of benzene rings is 1. The molecule has 2 atom stereocenters. The first kappa shape index (κ1) is 14.2. The summed E-state index contributed by atoms with van der Waals surface area (Å²) in [5.41, 5.74) is 7.51. The van der Waals surface area contributed by atoms with Crippen LogP contribution >= 0.6 is 0 Å². The van der Waals surface area contributed by atoms with E-state index in [0.29, 0.717) is 0 Å². The summed E-state index contributed by atoms with van der Waals surface area (Å²) in [5.74, 6) is -0.404. The average molecular weight is 269 g/mol. The van der Waals surface area contributed by atoms with Gasteiger partial charge in [0.05, 0.1) is 17.7 Å². The van der Waals surface area contributed by atoms with Crippen LogP contribution in [0.5, 0.6) is 0 Å². The third kappa shape index (κ3) is 3.42. The van der Waals surface area contributed by atoms with Crippen molar-refractivity contribution in [1.29, 1.82) is 0 Å². The van der Waals surface area contributed by atoms with Gasteiger partial charge in [-0.25, -0.2) is 0 Å². The van der Waals surface area contributed by atoms with Crippen LogP contribution in [0.3, 0.4) is 0 Å². The van der Waals surface area contributed by atoms with Crippen molar-refractivity contribution in [2.45, 2.75) is 18.9 Å². The number of pyridine rings is 1. The Morgan fingerprint density at radius 2 is 1.90 bits per heavy atom. The Kier molecular flexibility index (Phi) is 4.85. The standard InChI is InChI=1S/C16H19N3O/c1-12(15-9-5-6-10-18-15)19-16(20)14(11-17)13-7-3-2-4-8-13/h2-10,12,14H,11,17H2,1H3,(H,19,20)/t12-,14?/m0/s1. The van der Waals surface area contributed by atoms with Gasteiger partial charge in [-0.1, -0.05) is 36.4 Å². The van der Waals surface area contributed by atoms with E-state index in [-0.39, 0.29) is 24.4 Å². The minimum absolute atomic E-state index is 0.0724. The Balaban J connectivity index is 2.07. The molecule has 1 unspecified atom stereocenters. The van der Waals surface area contributed by atoms with Crippen LogP contribution in [0.2, 0.25) is 0 Å². The second-order valence-corrected chi connectivity index (χ2v) is 4.68. The molecule has 0 bridgehead atoms. The Morgan fingerprint density at radius 3 is 2.50 bits per heavy atom. The molecule has 1 aromatic heterocycles. The lowest BCUT2D eigenvalue weighted by atomic mass is 9.98. The van der Waals surface area contributed by atoms with E-state index in [4.69, 9.17) is 5.73 Å². The second kappa shape index (κ2) is 6.82. The predicted octanol–water partition coefficient (Wildman–Crippen LogP) is 2.00. The van der Waals surface area contributed by atoms with Crippen molar-refractivity contribution >= 4 is 5.91 Å². The highest BCUT2D eigenvalue weighted by atomic mass is 16.1. The maximum Gasteiger partial charge on any atom is 0.229 e. The normalized spacial score (nSPS) is 13.5. The Bertz CT molecular complexity index is 542. The van der Waals surface area contributed by atoms with E-state index in [1.54, 1.807) is 6.20 Å². The van der Waals surface area contributed by atoms with Gasteiger partial charge in [-0.15, -0.1) is 0 Å². The molecule has 0 saturated heterocycles. The first-order chi connectivity index (χ1) is 9.72. The van der Waals surface area contributed by atoms with Crippen LogP contribution < -0.4 is 11.1 Å². The molecule has 0 radical (unpaired) electrons. The summed E-state index contributed by atoms with van der Waals surface area (Å²) in [6.07, 6.45) is 1.72. The fourth-order valence-electron chi connectivity index (χ4n) is 2.10. The third-order valence-corrected chi connectivity index (χ3v) is 3.24. The quantitative estimate of drug-likeness (QED) is 0.872. The lowest BCUT2D eigenvalue weighted by Gasteiger charge is -2.19. The van der Waals surface area contributed by atoms with Crippen molar-refractivity contribution in [3.63, 3.8) is 0 Å². The number of carbonyl (C=O) groups excluding carboxylic acids is 1. The van der Waals surface area contributed by atoms with Crippen LogP contribution in [0.15, 0.2) is 54.7 Å². The van der Waals surface area contributed by atoms with Gasteiger partial charge >= 0.3 is 0 Å². The molecule has 2 aromatic rings. The molecule has 0 spiro atoms. The smallest absolute Gasteiger partial charge is 0.229 e. The molecule has 4 nitrogen and oxygen atoms in total. The van der Waals surface area contributed by atoms with Gasteiger partial charge in [0.2, 0.25) is 5.91 Å². The average Bonchev–Trinajstić information content (AvgIpc) is 2.50. The zero-order valence-electron chi connectivity index (χ0n) is 11.5. The van der Waals surface area contributed by atoms with Crippen molar-refractivity contribution in [3.05, 3.63) is 66.0 Å². The Labute approximate surface area is 119 Å².